The van der Waals surface area contributed by atoms with E-state index in [0.717, 1.165) is 43.0 Å². The van der Waals surface area contributed by atoms with Gasteiger partial charge in [0, 0.05) is 110 Å². The number of nitrogens with one attached hydrogen (secondary N) is 3. The van der Waals surface area contributed by atoms with Crippen LogP contribution in [0.5, 0.6) is 11.5 Å². The number of ether oxygens (including phenoxy) is 5. The number of fused-ring (bicyclic) bond motifs is 5. The molecule has 54 nitrogen and oxygen atoms in total. The number of carboxylic acid groups (broad SMARTS) is 1. The van der Waals surface area contributed by atoms with Crippen molar-refractivity contribution < 1.29 is 144 Å². The van der Waals surface area contributed by atoms with E-state index in [1.807, 2.05) is 14.5 Å². The van der Waals surface area contributed by atoms with E-state index in [9.17, 15) is 112 Å². The van der Waals surface area contributed by atoms with E-state index in [-0.39, 0.29) is 108 Å². The number of aromatic carboxylic acids is 1. The van der Waals surface area contributed by atoms with Crippen LogP contribution in [0, 0.1) is 18.8 Å². The van der Waals surface area contributed by atoms with Crippen molar-refractivity contribution in [2.75, 3.05) is 68.4 Å². The number of carboxylic acids is 1. The van der Waals surface area contributed by atoms with E-state index >= 15 is 0 Å². The van der Waals surface area contributed by atoms with E-state index < -0.39 is 251 Å². The van der Waals surface area contributed by atoms with Crippen LogP contribution in [0.4, 0.5) is 17.3 Å². The van der Waals surface area contributed by atoms with Gasteiger partial charge in [-0.1, -0.05) is 29.2 Å². The van der Waals surface area contributed by atoms with Crippen molar-refractivity contribution in [1.29, 1.82) is 0 Å². The van der Waals surface area contributed by atoms with Gasteiger partial charge in [-0.2, -0.15) is 4.98 Å². The zero-order valence-corrected chi connectivity index (χ0v) is 78.9. The zero-order chi connectivity index (χ0) is 100. The molecule has 0 spiro atoms. The lowest BCUT2D eigenvalue weighted by molar-refractivity contribution is -0.0635. The molecule has 1 amide bonds. The number of aryl methyl sites for hydroxylation is 1. The maximum atomic E-state index is 14.2. The van der Waals surface area contributed by atoms with Gasteiger partial charge in [0.15, 0.2) is 17.0 Å². The van der Waals surface area contributed by atoms with Gasteiger partial charge in [0.05, 0.1) is 112 Å². The zero-order valence-electron chi connectivity index (χ0n) is 73.7. The number of carbonyl (C=O) groups excluding carboxylic acids is 1. The number of phosphoric acid groups is 4. The molecule has 0 bridgehead atoms. The van der Waals surface area contributed by atoms with Gasteiger partial charge >= 0.3 is 54.3 Å². The second-order valence-corrected chi connectivity index (χ2v) is 42.5. The monoisotopic (exact) mass is 2050 g/mol. The SMILES string of the molecule is Cc1cn([C@H]2CC(OP(=O)(O)OC[C@H]3O[C@@H](n4ccc(N)nc4=O)CC3OP(=O)(O)OC[C@H]3O[C@@H](n4cnc5c(N)ncnc54)CC3O)[C@@H](COP(=O)(O)OC3C[C@H](n4cc(C#CCc5cn(CNC(=O)c6ccc(C7=c8cc9c(cc8Oc8cc%10c(cc87)C(CS(=O)(=O)[O-])=CC(C)(C)N%10C)=[N+](C)C(C)(C)C=C9CS(=O)(=O)[O-])c(C(=O)O)c6)nn5)c(=O)[nH]c4=O)O[C@@H]3COP(=O)(O)O)O2)c(=O)[nH]c1=O. The number of imidazole rings is 1. The standard InChI is InChI=1S/C79H88N18O36P4S2/c1-38-26-95(76(105)87-71(38)99)65-22-57(133-137(114,115)124-31-60-55(21-64(128-60)94-14-13-62(80)86-75(94)104)131-135(110,111)123-29-58-52(98)20-63(127-58)97-37-84-68-69(81)82-35-83-70(68)97)61(130-65)32-125-136(112,113)132-56-23-66(129-59(56)30-122-134(107,108)109)96-27-40(73(101)88-77(96)106)9-8-10-43-28-93(90-89-43)36-85-72(100)39-11-12-44(47(15-39)74(102)103)67-48-16-45-41(33-138(116,117)118)24-78(2,3)91(6)50(45)18-53(48)126-54-19-51-46(17-49(54)67)42(34-139(119,120)121)25-79(4,5)92(51)7/h11-19,24-28,35,37,52,55-61,63-66,98H,10,20-23,29-34,36H2,1-7H3,(H14-,80,81,82,83,85,86,87,88,99,100,101,102,103,104,105,106,107,108,109,110,111,112,113,114,115,116,117,118,119,120,121)/p-1/t52?,55?,56?,57?,58-,59-,60-,61-,63-,64-,65-,66-/m1/s1. The van der Waals surface area contributed by atoms with Gasteiger partial charge in [-0.05, 0) is 73.9 Å². The second kappa shape index (κ2) is 38.2. The molecule has 742 valence electrons. The molecule has 15 atom stereocenters. The topological polar surface area (TPSA) is 758 Å². The second-order valence-electron chi connectivity index (χ2n) is 34.2. The number of benzene rings is 3. The first-order chi connectivity index (χ1) is 65.1. The Morgan fingerprint density at radius 1 is 0.669 bits per heavy atom. The number of phosphoric ester groups is 4. The molecule has 9 aromatic rings. The van der Waals surface area contributed by atoms with Crippen LogP contribution in [0.15, 0.2) is 122 Å². The van der Waals surface area contributed by atoms with Crippen LogP contribution in [-0.4, -0.2) is 248 Å². The summed E-state index contributed by atoms with van der Waals surface area (Å²) in [5, 5.41) is 33.4. The van der Waals surface area contributed by atoms with Crippen LogP contribution in [0.1, 0.15) is 138 Å². The highest BCUT2D eigenvalue weighted by Gasteiger charge is 2.50. The summed E-state index contributed by atoms with van der Waals surface area (Å²) in [5.74, 6) is 1.20. The molecule has 4 fully saturated rings. The van der Waals surface area contributed by atoms with Gasteiger partial charge in [0.25, 0.3) is 17.0 Å². The molecule has 4 saturated heterocycles. The van der Waals surface area contributed by atoms with Gasteiger partial charge in [-0.15, -0.1) is 5.10 Å². The first-order valence-electron chi connectivity index (χ1n) is 41.8. The minimum absolute atomic E-state index is 0.0172. The van der Waals surface area contributed by atoms with Crippen molar-refractivity contribution in [1.82, 2.24) is 73.1 Å². The minimum atomic E-state index is -5.64. The predicted octanol–water partition coefficient (Wildman–Crippen LogP) is -0.594. The van der Waals surface area contributed by atoms with Crippen LogP contribution in [0.25, 0.3) is 27.9 Å². The molecule has 0 saturated carbocycles. The number of hydrogen-bond acceptors (Lipinski definition) is 39. The van der Waals surface area contributed by atoms with E-state index in [2.05, 4.69) is 56.9 Å². The lowest BCUT2D eigenvalue weighted by Crippen LogP contribution is -2.47. The summed E-state index contributed by atoms with van der Waals surface area (Å²) in [7, 11) is -28.3. The molecule has 16 rings (SSSR count). The van der Waals surface area contributed by atoms with Crippen LogP contribution >= 0.6 is 31.3 Å². The first kappa shape index (κ1) is 100. The van der Waals surface area contributed by atoms with Crippen molar-refractivity contribution in [3.05, 3.63) is 211 Å². The number of nitrogens with two attached hydrogens (primary N) is 2. The smallest absolute Gasteiger partial charge is 0.472 e. The number of aromatic amines is 2. The summed E-state index contributed by atoms with van der Waals surface area (Å²) in [6.07, 6.45) is -10.7. The van der Waals surface area contributed by atoms with Gasteiger partial charge in [-0.3, -0.25) is 74.3 Å². The molecule has 6 aromatic heterocycles. The Kier molecular flexibility index (Phi) is 27.6. The fourth-order valence-electron chi connectivity index (χ4n) is 16.9. The van der Waals surface area contributed by atoms with Crippen molar-refractivity contribution in [2.24, 2.45) is 0 Å². The van der Waals surface area contributed by atoms with Crippen molar-refractivity contribution >= 4 is 109 Å². The Morgan fingerprint density at radius 3 is 1.83 bits per heavy atom. The molecular weight excluding hydrogens is 1960 g/mol. The Hall–Kier alpha value is -11.5. The Morgan fingerprint density at radius 2 is 1.24 bits per heavy atom. The lowest BCUT2D eigenvalue weighted by atomic mass is 9.83. The van der Waals surface area contributed by atoms with Crippen LogP contribution in [0.3, 0.4) is 0 Å². The summed E-state index contributed by atoms with van der Waals surface area (Å²) in [6, 6.07) is 11.3. The normalized spacial score (nSPS) is 24.0. The minimum Gasteiger partial charge on any atom is -0.748 e. The van der Waals surface area contributed by atoms with Crippen molar-refractivity contribution in [3.63, 3.8) is 0 Å². The number of nitrogens with zero attached hydrogens (tertiary/aromatic N) is 13. The largest absolute Gasteiger partial charge is 0.748 e. The first-order valence-corrected chi connectivity index (χ1v) is 50.9. The molecule has 14 N–H and O–H groups in total. The van der Waals surface area contributed by atoms with Crippen LogP contribution in [-0.2, 0) is 102 Å². The number of aliphatic hydroxyl groups excluding tert-OH is 1. The summed E-state index contributed by atoms with van der Waals surface area (Å²) in [4.78, 5) is 169. The molecule has 3 aromatic carbocycles. The fraction of sp³-hybridized carbons (Fsp3) is 0.418. The summed E-state index contributed by atoms with van der Waals surface area (Å²) >= 11 is 0. The molecule has 0 aliphatic carbocycles. The highest BCUT2D eigenvalue weighted by molar-refractivity contribution is 7.86. The van der Waals surface area contributed by atoms with E-state index in [0.29, 0.717) is 11.0 Å². The number of carbonyl (C=O) groups is 2. The van der Waals surface area contributed by atoms with Crippen molar-refractivity contribution in [2.45, 2.75) is 158 Å². The fourth-order valence-corrected chi connectivity index (χ4v) is 21.3. The van der Waals surface area contributed by atoms with Gasteiger partial charge in [-0.25, -0.2) is 78.5 Å². The number of likely N-dealkylation sites (N-methyl/N-ethyl adjacent to an activating group) is 2. The van der Waals surface area contributed by atoms with Gasteiger partial charge < -0.3 is 89.2 Å². The maximum absolute atomic E-state index is 14.2. The number of hydrogen-bond donors (Lipinski definition) is 12. The van der Waals surface area contributed by atoms with E-state index in [1.54, 1.807) is 78.2 Å². The predicted molar refractivity (Wildman–Crippen MR) is 474 cm³/mol. The molecule has 7 aliphatic rings. The molecule has 13 heterocycles. The third-order valence-electron chi connectivity index (χ3n) is 23.8. The summed E-state index contributed by atoms with van der Waals surface area (Å²) in [5.41, 5.74) is 5.88. The molecular formula is C79H87N18O36P4S2-. The third-order valence-corrected chi connectivity index (χ3v) is 28.7. The summed E-state index contributed by atoms with van der Waals surface area (Å²) in [6.45, 7) is 3.95. The number of aromatic nitrogens is 13. The van der Waals surface area contributed by atoms with E-state index in [4.69, 9.17) is 62.3 Å². The third kappa shape index (κ3) is 22.3. The number of H-pyrrole nitrogens is 2. The molecule has 7 aliphatic heterocycles. The number of anilines is 3. The maximum Gasteiger partial charge on any atom is 0.472 e. The van der Waals surface area contributed by atoms with E-state index in [1.165, 1.54) is 48.5 Å². The van der Waals surface area contributed by atoms with Crippen molar-refractivity contribution in [3.8, 4) is 23.3 Å². The lowest BCUT2D eigenvalue weighted by Gasteiger charge is -2.42. The molecule has 139 heavy (non-hydrogen) atoms. The molecule has 60 heteroatoms. The average molecular weight is 2050 g/mol. The van der Waals surface area contributed by atoms with Crippen LogP contribution in [0.2, 0.25) is 0 Å². The number of rotatable bonds is 32. The quantitative estimate of drug-likeness (QED) is 0.0108. The Balaban J connectivity index is 0.588. The average Bonchev–Trinajstić information content (AvgIpc) is 1.31. The molecule has 7 unspecified atom stereocenters. The number of nitrogen functional groups attached to an aromatic ring is 2. The highest BCUT2D eigenvalue weighted by atomic mass is 32.2. The van der Waals surface area contributed by atoms with Crippen LogP contribution < -0.4 is 69.8 Å². The Labute approximate surface area is 782 Å². The van der Waals surface area contributed by atoms with Gasteiger partial charge in [0.2, 0.25) is 5.36 Å². The summed E-state index contributed by atoms with van der Waals surface area (Å²) < 4.78 is 204. The van der Waals surface area contributed by atoms with Gasteiger partial charge in [0.1, 0.15) is 116 Å². The number of aliphatic hydroxyl groups is 1. The number of amides is 1. The Bertz CT molecular complexity index is 7590. The molecule has 0 radical (unpaired) electrons. The highest BCUT2D eigenvalue weighted by Crippen LogP contribution is 2.55.